The van der Waals surface area contributed by atoms with Gasteiger partial charge in [0.05, 0.1) is 6.61 Å². The molecule has 4 nitrogen and oxygen atoms in total. The maximum atomic E-state index is 5.68. The summed E-state index contributed by atoms with van der Waals surface area (Å²) in [6, 6.07) is 9.46. The first-order valence-electron chi connectivity index (χ1n) is 5.56. The maximum Gasteiger partial charge on any atom is 0.221 e. The molecule has 3 aromatic rings. The molecule has 18 heavy (non-hydrogen) atoms. The van der Waals surface area contributed by atoms with Crippen LogP contribution in [0.2, 0.25) is 0 Å². The molecule has 0 spiro atoms. The largest absolute Gasteiger partial charge is 0.438 e. The lowest BCUT2D eigenvalue weighted by atomic mass is 10.3. The Balaban J connectivity index is 1.67. The van der Waals surface area contributed by atoms with Crippen molar-refractivity contribution in [3.05, 3.63) is 46.5 Å². The predicted octanol–water partition coefficient (Wildman–Crippen LogP) is 3.19. The minimum atomic E-state index is 0.368. The SMILES string of the molecule is Nc1ccc2nc(COCc3cccs3)oc2c1. The summed E-state index contributed by atoms with van der Waals surface area (Å²) < 4.78 is 11.1. The van der Waals surface area contributed by atoms with Crippen LogP contribution in [0.15, 0.2) is 40.1 Å². The second-order valence-corrected chi connectivity index (χ2v) is 4.94. The van der Waals surface area contributed by atoms with Crippen LogP contribution >= 0.6 is 11.3 Å². The Labute approximate surface area is 108 Å². The molecule has 0 aliphatic rings. The van der Waals surface area contributed by atoms with E-state index in [2.05, 4.69) is 4.98 Å². The lowest BCUT2D eigenvalue weighted by Gasteiger charge is -1.97. The fourth-order valence-electron chi connectivity index (χ4n) is 1.68. The van der Waals surface area contributed by atoms with Gasteiger partial charge in [-0.1, -0.05) is 6.07 Å². The van der Waals surface area contributed by atoms with E-state index in [4.69, 9.17) is 14.9 Å². The molecule has 0 aliphatic carbocycles. The topological polar surface area (TPSA) is 61.3 Å². The van der Waals surface area contributed by atoms with Crippen molar-refractivity contribution < 1.29 is 9.15 Å². The number of nitrogens with two attached hydrogens (primary N) is 1. The van der Waals surface area contributed by atoms with Crippen LogP contribution in [0.4, 0.5) is 5.69 Å². The number of hydrogen-bond donors (Lipinski definition) is 1. The lowest BCUT2D eigenvalue weighted by Crippen LogP contribution is -1.92. The zero-order chi connectivity index (χ0) is 12.4. The zero-order valence-corrected chi connectivity index (χ0v) is 10.4. The van der Waals surface area contributed by atoms with E-state index in [0.29, 0.717) is 30.4 Å². The molecule has 0 unspecified atom stereocenters. The molecule has 2 N–H and O–H groups in total. The summed E-state index contributed by atoms with van der Waals surface area (Å²) in [5.74, 6) is 0.576. The van der Waals surface area contributed by atoms with E-state index >= 15 is 0 Å². The van der Waals surface area contributed by atoms with E-state index < -0.39 is 0 Å². The van der Waals surface area contributed by atoms with Gasteiger partial charge in [-0.05, 0) is 23.6 Å². The third kappa shape index (κ3) is 2.37. The van der Waals surface area contributed by atoms with E-state index in [1.54, 1.807) is 23.5 Å². The number of hydrogen-bond acceptors (Lipinski definition) is 5. The number of nitrogen functional groups attached to an aromatic ring is 1. The summed E-state index contributed by atoms with van der Waals surface area (Å²) in [7, 11) is 0. The zero-order valence-electron chi connectivity index (χ0n) is 9.63. The lowest BCUT2D eigenvalue weighted by molar-refractivity contribution is 0.0925. The molecule has 2 heterocycles. The molecular weight excluding hydrogens is 248 g/mol. The van der Waals surface area contributed by atoms with Gasteiger partial charge in [0.1, 0.15) is 12.1 Å². The highest BCUT2D eigenvalue weighted by Gasteiger charge is 2.06. The molecule has 0 saturated carbocycles. The van der Waals surface area contributed by atoms with Crippen LogP contribution < -0.4 is 5.73 Å². The number of nitrogens with zero attached hydrogens (tertiary/aromatic N) is 1. The van der Waals surface area contributed by atoms with E-state index in [1.165, 1.54) is 4.88 Å². The van der Waals surface area contributed by atoms with Gasteiger partial charge in [0.2, 0.25) is 5.89 Å². The third-order valence-corrected chi connectivity index (χ3v) is 3.36. The molecule has 0 atom stereocenters. The number of aromatic nitrogens is 1. The van der Waals surface area contributed by atoms with Crippen molar-refractivity contribution >= 4 is 28.1 Å². The van der Waals surface area contributed by atoms with Crippen molar-refractivity contribution in [2.75, 3.05) is 5.73 Å². The molecule has 5 heteroatoms. The predicted molar refractivity (Wildman–Crippen MR) is 71.2 cm³/mol. The molecule has 0 aliphatic heterocycles. The second kappa shape index (κ2) is 4.80. The molecule has 3 rings (SSSR count). The Morgan fingerprint density at radius 3 is 3.06 bits per heavy atom. The van der Waals surface area contributed by atoms with Crippen molar-refractivity contribution in [1.29, 1.82) is 0 Å². The standard InChI is InChI=1S/C13H12N2O2S/c14-9-3-4-11-12(6-9)17-13(15-11)8-16-7-10-2-1-5-18-10/h1-6H,7-8,14H2. The first kappa shape index (κ1) is 11.3. The Bertz CT molecular complexity index is 646. The summed E-state index contributed by atoms with van der Waals surface area (Å²) in [5, 5.41) is 2.03. The maximum absolute atomic E-state index is 5.68. The Kier molecular flexibility index (Phi) is 3.00. The molecule has 1 aromatic carbocycles. The number of oxazole rings is 1. The van der Waals surface area contributed by atoms with Crippen LogP contribution in [-0.4, -0.2) is 4.98 Å². The highest BCUT2D eigenvalue weighted by Crippen LogP contribution is 2.19. The highest BCUT2D eigenvalue weighted by molar-refractivity contribution is 7.09. The first-order valence-corrected chi connectivity index (χ1v) is 6.44. The number of rotatable bonds is 4. The van der Waals surface area contributed by atoms with Crippen LogP contribution in [0.5, 0.6) is 0 Å². The minimum absolute atomic E-state index is 0.368. The van der Waals surface area contributed by atoms with Crippen molar-refractivity contribution in [2.24, 2.45) is 0 Å². The number of benzene rings is 1. The van der Waals surface area contributed by atoms with E-state index in [-0.39, 0.29) is 0 Å². The van der Waals surface area contributed by atoms with Gasteiger partial charge in [0, 0.05) is 16.6 Å². The van der Waals surface area contributed by atoms with Crippen molar-refractivity contribution in [1.82, 2.24) is 4.98 Å². The monoisotopic (exact) mass is 260 g/mol. The van der Waals surface area contributed by atoms with Gasteiger partial charge in [-0.3, -0.25) is 0 Å². The molecule has 0 saturated heterocycles. The van der Waals surface area contributed by atoms with E-state index in [1.807, 2.05) is 23.6 Å². The molecule has 92 valence electrons. The fourth-order valence-corrected chi connectivity index (χ4v) is 2.32. The minimum Gasteiger partial charge on any atom is -0.438 e. The van der Waals surface area contributed by atoms with Crippen molar-refractivity contribution in [3.8, 4) is 0 Å². The van der Waals surface area contributed by atoms with Gasteiger partial charge in [-0.15, -0.1) is 11.3 Å². The van der Waals surface area contributed by atoms with Gasteiger partial charge < -0.3 is 14.9 Å². The molecule has 0 radical (unpaired) electrons. The number of ether oxygens (including phenoxy) is 1. The number of thiophene rings is 1. The average molecular weight is 260 g/mol. The quantitative estimate of drug-likeness (QED) is 0.732. The number of anilines is 1. The van der Waals surface area contributed by atoms with Gasteiger partial charge in [-0.2, -0.15) is 0 Å². The Hall–Kier alpha value is -1.85. The average Bonchev–Trinajstić information content (AvgIpc) is 2.97. The van der Waals surface area contributed by atoms with Gasteiger partial charge in [-0.25, -0.2) is 4.98 Å². The molecular formula is C13H12N2O2S. The smallest absolute Gasteiger partial charge is 0.221 e. The molecule has 0 bridgehead atoms. The summed E-state index contributed by atoms with van der Waals surface area (Å²) >= 11 is 1.67. The van der Waals surface area contributed by atoms with Crippen molar-refractivity contribution in [2.45, 2.75) is 13.2 Å². The Morgan fingerprint density at radius 2 is 2.22 bits per heavy atom. The normalized spacial score (nSPS) is 11.1. The second-order valence-electron chi connectivity index (χ2n) is 3.91. The summed E-state index contributed by atoms with van der Waals surface area (Å²) in [4.78, 5) is 5.52. The van der Waals surface area contributed by atoms with Crippen LogP contribution in [0.25, 0.3) is 11.1 Å². The van der Waals surface area contributed by atoms with Crippen molar-refractivity contribution in [3.63, 3.8) is 0 Å². The van der Waals surface area contributed by atoms with E-state index in [9.17, 15) is 0 Å². The highest BCUT2D eigenvalue weighted by atomic mass is 32.1. The summed E-state index contributed by atoms with van der Waals surface area (Å²) in [6.07, 6.45) is 0. The van der Waals surface area contributed by atoms with Crippen LogP contribution in [-0.2, 0) is 18.0 Å². The van der Waals surface area contributed by atoms with Crippen LogP contribution in [0.1, 0.15) is 10.8 Å². The van der Waals surface area contributed by atoms with Gasteiger partial charge in [0.15, 0.2) is 5.58 Å². The number of fused-ring (bicyclic) bond motifs is 1. The first-order chi connectivity index (χ1) is 8.81. The van der Waals surface area contributed by atoms with Crippen LogP contribution in [0, 0.1) is 0 Å². The van der Waals surface area contributed by atoms with E-state index in [0.717, 1.165) is 5.52 Å². The molecule has 2 aromatic heterocycles. The van der Waals surface area contributed by atoms with Gasteiger partial charge >= 0.3 is 0 Å². The summed E-state index contributed by atoms with van der Waals surface area (Å²) in [6.45, 7) is 0.949. The van der Waals surface area contributed by atoms with Crippen LogP contribution in [0.3, 0.4) is 0 Å². The Morgan fingerprint density at radius 1 is 1.28 bits per heavy atom. The molecule has 0 amide bonds. The third-order valence-electron chi connectivity index (χ3n) is 2.51. The van der Waals surface area contributed by atoms with Gasteiger partial charge in [0.25, 0.3) is 0 Å². The fraction of sp³-hybridized carbons (Fsp3) is 0.154. The summed E-state index contributed by atoms with van der Waals surface area (Å²) in [5.41, 5.74) is 7.85. The molecule has 0 fully saturated rings.